The summed E-state index contributed by atoms with van der Waals surface area (Å²) in [6.45, 7) is 7.84. The summed E-state index contributed by atoms with van der Waals surface area (Å²) < 4.78 is 5.78. The van der Waals surface area contributed by atoms with Crippen LogP contribution in [0.15, 0.2) is 34.7 Å². The third-order valence-electron chi connectivity index (χ3n) is 5.31. The van der Waals surface area contributed by atoms with Gasteiger partial charge in [-0.15, -0.1) is 0 Å². The van der Waals surface area contributed by atoms with Crippen LogP contribution in [0, 0.1) is 10.8 Å². The molecule has 4 rings (SSSR count). The van der Waals surface area contributed by atoms with Crippen molar-refractivity contribution in [2.24, 2.45) is 10.8 Å². The molecule has 2 aromatic rings. The predicted octanol–water partition coefficient (Wildman–Crippen LogP) is 4.47. The van der Waals surface area contributed by atoms with Crippen molar-refractivity contribution in [2.75, 3.05) is 6.54 Å². The van der Waals surface area contributed by atoms with Crippen LogP contribution in [0.3, 0.4) is 0 Å². The lowest BCUT2D eigenvalue weighted by Crippen LogP contribution is -2.37. The van der Waals surface area contributed by atoms with Gasteiger partial charge >= 0.3 is 0 Å². The summed E-state index contributed by atoms with van der Waals surface area (Å²) >= 11 is 0. The summed E-state index contributed by atoms with van der Waals surface area (Å²) in [5.74, 6) is 0.540. The number of furan rings is 1. The van der Waals surface area contributed by atoms with E-state index in [4.69, 9.17) is 4.42 Å². The molecule has 1 amide bonds. The molecule has 2 fully saturated rings. The van der Waals surface area contributed by atoms with Crippen molar-refractivity contribution < 1.29 is 9.21 Å². The fourth-order valence-corrected chi connectivity index (χ4v) is 4.93. The molecule has 2 atom stereocenters. The minimum atomic E-state index is 0.0580. The maximum Gasteiger partial charge on any atom is 0.289 e. The Morgan fingerprint density at radius 2 is 2.00 bits per heavy atom. The van der Waals surface area contributed by atoms with Crippen molar-refractivity contribution in [1.82, 2.24) is 4.90 Å². The van der Waals surface area contributed by atoms with E-state index in [9.17, 15) is 4.79 Å². The van der Waals surface area contributed by atoms with Gasteiger partial charge in [-0.3, -0.25) is 4.79 Å². The largest absolute Gasteiger partial charge is 0.451 e. The first-order valence-electron chi connectivity index (χ1n) is 8.15. The molecule has 0 unspecified atom stereocenters. The average molecular weight is 297 g/mol. The Hall–Kier alpha value is -1.77. The first kappa shape index (κ1) is 13.9. The molecule has 3 nitrogen and oxygen atoms in total. The van der Waals surface area contributed by atoms with Crippen molar-refractivity contribution in [3.8, 4) is 0 Å². The lowest BCUT2D eigenvalue weighted by Gasteiger charge is -2.39. The lowest BCUT2D eigenvalue weighted by atomic mass is 9.65. The van der Waals surface area contributed by atoms with E-state index in [-0.39, 0.29) is 11.3 Å². The second-order valence-electron chi connectivity index (χ2n) is 8.30. The van der Waals surface area contributed by atoms with Crippen LogP contribution in [0.2, 0.25) is 0 Å². The van der Waals surface area contributed by atoms with E-state index in [0.29, 0.717) is 17.2 Å². The number of nitrogens with zero attached hydrogens (tertiary/aromatic N) is 1. The number of para-hydroxylation sites is 1. The fourth-order valence-electron chi connectivity index (χ4n) is 4.93. The summed E-state index contributed by atoms with van der Waals surface area (Å²) in [7, 11) is 0. The minimum Gasteiger partial charge on any atom is -0.451 e. The standard InChI is InChI=1S/C19H23NO2/c1-18(2)9-14-10-19(3,11-18)12-20(14)17(21)16-8-13-6-4-5-7-15(13)22-16/h4-8,14H,9-12H2,1-3H3/t14-,19-/m0/s1. The van der Waals surface area contributed by atoms with Crippen LogP contribution in [0.4, 0.5) is 0 Å². The molecule has 116 valence electrons. The number of benzene rings is 1. The van der Waals surface area contributed by atoms with Crippen LogP contribution in [0.1, 0.15) is 50.6 Å². The Labute approximate surface area is 131 Å². The normalized spacial score (nSPS) is 30.0. The molecule has 1 aliphatic carbocycles. The van der Waals surface area contributed by atoms with E-state index in [1.807, 2.05) is 30.3 Å². The summed E-state index contributed by atoms with van der Waals surface area (Å²) in [6.07, 6.45) is 3.41. The molecule has 1 saturated carbocycles. The zero-order chi connectivity index (χ0) is 15.5. The van der Waals surface area contributed by atoms with Gasteiger partial charge in [0.2, 0.25) is 0 Å². The Morgan fingerprint density at radius 1 is 1.23 bits per heavy atom. The Bertz CT molecular complexity index is 712. The zero-order valence-electron chi connectivity index (χ0n) is 13.6. The molecule has 1 aromatic carbocycles. The molecule has 0 spiro atoms. The second-order valence-corrected chi connectivity index (χ2v) is 8.30. The third kappa shape index (κ3) is 2.15. The second kappa shape index (κ2) is 4.37. The van der Waals surface area contributed by atoms with E-state index in [2.05, 4.69) is 25.7 Å². The number of likely N-dealkylation sites (tertiary alicyclic amines) is 1. The van der Waals surface area contributed by atoms with Gasteiger partial charge in [0.15, 0.2) is 5.76 Å². The number of carbonyl (C=O) groups is 1. The molecule has 0 N–H and O–H groups in total. The van der Waals surface area contributed by atoms with Gasteiger partial charge in [-0.1, -0.05) is 39.0 Å². The smallest absolute Gasteiger partial charge is 0.289 e. The van der Waals surface area contributed by atoms with E-state index in [1.54, 1.807) is 0 Å². The van der Waals surface area contributed by atoms with E-state index < -0.39 is 0 Å². The number of carbonyl (C=O) groups excluding carboxylic acids is 1. The average Bonchev–Trinajstić information content (AvgIpc) is 2.95. The number of hydrogen-bond acceptors (Lipinski definition) is 2. The Balaban J connectivity index is 1.66. The summed E-state index contributed by atoms with van der Waals surface area (Å²) in [5, 5.41) is 1.000. The minimum absolute atomic E-state index is 0.0580. The van der Waals surface area contributed by atoms with Gasteiger partial charge < -0.3 is 9.32 Å². The van der Waals surface area contributed by atoms with E-state index in [0.717, 1.165) is 30.4 Å². The predicted molar refractivity (Wildman–Crippen MR) is 86.8 cm³/mol. The lowest BCUT2D eigenvalue weighted by molar-refractivity contribution is 0.0679. The van der Waals surface area contributed by atoms with Crippen LogP contribution in [-0.2, 0) is 0 Å². The van der Waals surface area contributed by atoms with Gasteiger partial charge in [0.1, 0.15) is 5.58 Å². The molecule has 2 aliphatic rings. The molecular weight excluding hydrogens is 274 g/mol. The highest BCUT2D eigenvalue weighted by Gasteiger charge is 2.51. The van der Waals surface area contributed by atoms with Crippen molar-refractivity contribution in [1.29, 1.82) is 0 Å². The van der Waals surface area contributed by atoms with Crippen molar-refractivity contribution in [3.05, 3.63) is 36.1 Å². The van der Waals surface area contributed by atoms with E-state index in [1.165, 1.54) is 6.42 Å². The molecular formula is C19H23NO2. The van der Waals surface area contributed by atoms with Gasteiger partial charge in [-0.05, 0) is 42.2 Å². The molecule has 2 heterocycles. The Morgan fingerprint density at radius 3 is 2.77 bits per heavy atom. The Kier molecular flexibility index (Phi) is 2.76. The monoisotopic (exact) mass is 297 g/mol. The van der Waals surface area contributed by atoms with Gasteiger partial charge in [0, 0.05) is 18.0 Å². The van der Waals surface area contributed by atoms with Crippen LogP contribution >= 0.6 is 0 Å². The fraction of sp³-hybridized carbons (Fsp3) is 0.526. The quantitative estimate of drug-likeness (QED) is 0.778. The number of rotatable bonds is 1. The number of amides is 1. The summed E-state index contributed by atoms with van der Waals surface area (Å²) in [4.78, 5) is 15.0. The topological polar surface area (TPSA) is 33.5 Å². The first-order valence-corrected chi connectivity index (χ1v) is 8.15. The molecule has 22 heavy (non-hydrogen) atoms. The first-order chi connectivity index (χ1) is 10.4. The maximum absolute atomic E-state index is 12.9. The van der Waals surface area contributed by atoms with Crippen LogP contribution in [-0.4, -0.2) is 23.4 Å². The van der Waals surface area contributed by atoms with Crippen molar-refractivity contribution in [2.45, 2.75) is 46.1 Å². The number of hydrogen-bond donors (Lipinski definition) is 0. The van der Waals surface area contributed by atoms with Crippen LogP contribution in [0.25, 0.3) is 11.0 Å². The zero-order valence-corrected chi connectivity index (χ0v) is 13.6. The summed E-state index contributed by atoms with van der Waals surface area (Å²) in [5.41, 5.74) is 1.37. The van der Waals surface area contributed by atoms with Gasteiger partial charge in [-0.25, -0.2) is 0 Å². The number of fused-ring (bicyclic) bond motifs is 3. The molecule has 3 heteroatoms. The molecule has 1 aliphatic heterocycles. The maximum atomic E-state index is 12.9. The molecule has 0 radical (unpaired) electrons. The van der Waals surface area contributed by atoms with Gasteiger partial charge in [-0.2, -0.15) is 0 Å². The van der Waals surface area contributed by atoms with Crippen molar-refractivity contribution >= 4 is 16.9 Å². The van der Waals surface area contributed by atoms with Crippen LogP contribution < -0.4 is 0 Å². The molecule has 1 aromatic heterocycles. The van der Waals surface area contributed by atoms with Gasteiger partial charge in [0.25, 0.3) is 5.91 Å². The highest BCUT2D eigenvalue weighted by molar-refractivity contribution is 5.96. The molecule has 2 bridgehead atoms. The highest BCUT2D eigenvalue weighted by Crippen LogP contribution is 2.52. The molecule has 1 saturated heterocycles. The van der Waals surface area contributed by atoms with E-state index >= 15 is 0 Å². The highest BCUT2D eigenvalue weighted by atomic mass is 16.3. The SMILES string of the molecule is CC1(C)C[C@H]2C[C@](C)(CN2C(=O)c2cc3ccccc3o2)C1. The third-order valence-corrected chi connectivity index (χ3v) is 5.31. The van der Waals surface area contributed by atoms with Crippen molar-refractivity contribution in [3.63, 3.8) is 0 Å². The van der Waals surface area contributed by atoms with Crippen LogP contribution in [0.5, 0.6) is 0 Å². The van der Waals surface area contributed by atoms with Gasteiger partial charge in [0.05, 0.1) is 0 Å². The summed E-state index contributed by atoms with van der Waals surface area (Å²) in [6, 6.07) is 10.1.